The lowest BCUT2D eigenvalue weighted by molar-refractivity contribution is 0.163. The quantitative estimate of drug-likeness (QED) is 0.921. The van der Waals surface area contributed by atoms with Crippen molar-refractivity contribution in [3.05, 3.63) is 48.0 Å². The Labute approximate surface area is 121 Å². The lowest BCUT2D eigenvalue weighted by Gasteiger charge is -2.32. The summed E-state index contributed by atoms with van der Waals surface area (Å²) in [7, 11) is 0. The van der Waals surface area contributed by atoms with Crippen LogP contribution in [0.25, 0.3) is 10.8 Å². The molecular weight excluding hydrogens is 244 g/mol. The van der Waals surface area contributed by atoms with E-state index in [0.29, 0.717) is 0 Å². The van der Waals surface area contributed by atoms with Gasteiger partial charge in [-0.1, -0.05) is 36.4 Å². The number of benzene rings is 2. The minimum atomic E-state index is 0.800. The first kappa shape index (κ1) is 13.6. The predicted molar refractivity (Wildman–Crippen MR) is 85.6 cm³/mol. The molecule has 1 fully saturated rings. The average Bonchev–Trinajstić information content (AvgIpc) is 2.48. The van der Waals surface area contributed by atoms with Crippen LogP contribution >= 0.6 is 0 Å². The van der Waals surface area contributed by atoms with E-state index in [4.69, 9.17) is 5.73 Å². The second-order valence-electron chi connectivity index (χ2n) is 6.00. The number of fused-ring (bicyclic) bond motifs is 1. The van der Waals surface area contributed by atoms with E-state index in [-0.39, 0.29) is 0 Å². The van der Waals surface area contributed by atoms with E-state index in [0.717, 1.165) is 19.0 Å². The van der Waals surface area contributed by atoms with Gasteiger partial charge in [0, 0.05) is 13.1 Å². The van der Waals surface area contributed by atoms with E-state index in [1.54, 1.807) is 0 Å². The van der Waals surface area contributed by atoms with Crippen molar-refractivity contribution in [3.8, 4) is 0 Å². The Morgan fingerprint density at radius 2 is 1.95 bits per heavy atom. The molecule has 1 aliphatic rings. The van der Waals surface area contributed by atoms with Gasteiger partial charge in [-0.2, -0.15) is 0 Å². The van der Waals surface area contributed by atoms with E-state index in [9.17, 15) is 0 Å². The maximum atomic E-state index is 5.70. The molecular formula is C18H24N2. The average molecular weight is 268 g/mol. The van der Waals surface area contributed by atoms with Crippen molar-refractivity contribution in [2.24, 2.45) is 11.7 Å². The van der Waals surface area contributed by atoms with E-state index < -0.39 is 0 Å². The Balaban J connectivity index is 1.69. The van der Waals surface area contributed by atoms with Crippen LogP contribution in [0.2, 0.25) is 0 Å². The van der Waals surface area contributed by atoms with Gasteiger partial charge in [-0.05, 0) is 60.7 Å². The van der Waals surface area contributed by atoms with Crippen LogP contribution in [0.5, 0.6) is 0 Å². The summed E-state index contributed by atoms with van der Waals surface area (Å²) in [5.41, 5.74) is 7.13. The minimum Gasteiger partial charge on any atom is -0.330 e. The van der Waals surface area contributed by atoms with Gasteiger partial charge in [0.15, 0.2) is 0 Å². The van der Waals surface area contributed by atoms with Crippen LogP contribution in [0.1, 0.15) is 24.8 Å². The van der Waals surface area contributed by atoms with Gasteiger partial charge in [0.05, 0.1) is 0 Å². The largest absolute Gasteiger partial charge is 0.330 e. The van der Waals surface area contributed by atoms with E-state index in [1.165, 1.54) is 48.7 Å². The Bertz CT molecular complexity index is 562. The van der Waals surface area contributed by atoms with Gasteiger partial charge in [-0.3, -0.25) is 4.90 Å². The molecule has 0 amide bonds. The zero-order valence-corrected chi connectivity index (χ0v) is 12.1. The maximum absolute atomic E-state index is 5.70. The highest BCUT2D eigenvalue weighted by atomic mass is 15.1. The highest BCUT2D eigenvalue weighted by Gasteiger charge is 2.19. The Kier molecular flexibility index (Phi) is 4.34. The highest BCUT2D eigenvalue weighted by Crippen LogP contribution is 2.22. The number of likely N-dealkylation sites (tertiary alicyclic amines) is 1. The molecule has 0 spiro atoms. The van der Waals surface area contributed by atoms with Gasteiger partial charge in [0.1, 0.15) is 0 Å². The number of piperidine rings is 1. The summed E-state index contributed by atoms with van der Waals surface area (Å²) in [5.74, 6) is 0.800. The molecule has 1 atom stereocenters. The molecule has 2 N–H and O–H groups in total. The number of hydrogen-bond donors (Lipinski definition) is 1. The zero-order chi connectivity index (χ0) is 13.8. The van der Waals surface area contributed by atoms with Crippen LogP contribution in [0.4, 0.5) is 0 Å². The third-order valence-electron chi connectivity index (χ3n) is 4.40. The smallest absolute Gasteiger partial charge is 0.0234 e. The molecule has 1 saturated heterocycles. The zero-order valence-electron chi connectivity index (χ0n) is 12.1. The van der Waals surface area contributed by atoms with Gasteiger partial charge in [0.25, 0.3) is 0 Å². The summed E-state index contributed by atoms with van der Waals surface area (Å²) >= 11 is 0. The standard InChI is InChI=1S/C18H24N2/c19-10-9-15-4-3-11-20(13-15)14-16-7-8-17-5-1-2-6-18(17)12-16/h1-2,5-8,12,15H,3-4,9-11,13-14,19H2. The first-order valence-corrected chi connectivity index (χ1v) is 7.75. The fourth-order valence-corrected chi connectivity index (χ4v) is 3.36. The van der Waals surface area contributed by atoms with Crippen molar-refractivity contribution >= 4 is 10.8 Å². The molecule has 106 valence electrons. The SMILES string of the molecule is NCCC1CCCN(Cc2ccc3ccccc3c2)C1. The Hall–Kier alpha value is -1.38. The molecule has 0 bridgehead atoms. The van der Waals surface area contributed by atoms with Gasteiger partial charge in [-0.15, -0.1) is 0 Å². The molecule has 2 aromatic carbocycles. The van der Waals surface area contributed by atoms with Gasteiger partial charge in [0.2, 0.25) is 0 Å². The lowest BCUT2D eigenvalue weighted by atomic mass is 9.94. The van der Waals surface area contributed by atoms with Gasteiger partial charge in [-0.25, -0.2) is 0 Å². The predicted octanol–water partition coefficient (Wildman–Crippen LogP) is 3.40. The van der Waals surface area contributed by atoms with Crippen molar-refractivity contribution < 1.29 is 0 Å². The molecule has 2 aromatic rings. The summed E-state index contributed by atoms with van der Waals surface area (Å²) < 4.78 is 0. The molecule has 0 radical (unpaired) electrons. The monoisotopic (exact) mass is 268 g/mol. The molecule has 1 aliphatic heterocycles. The summed E-state index contributed by atoms with van der Waals surface area (Å²) in [4.78, 5) is 2.59. The molecule has 2 nitrogen and oxygen atoms in total. The Morgan fingerprint density at radius 1 is 1.10 bits per heavy atom. The third kappa shape index (κ3) is 3.20. The van der Waals surface area contributed by atoms with Crippen LogP contribution in [0, 0.1) is 5.92 Å². The second-order valence-corrected chi connectivity index (χ2v) is 6.00. The summed E-state index contributed by atoms with van der Waals surface area (Å²) in [6, 6.07) is 15.4. The topological polar surface area (TPSA) is 29.3 Å². The third-order valence-corrected chi connectivity index (χ3v) is 4.40. The summed E-state index contributed by atoms with van der Waals surface area (Å²) in [6.07, 6.45) is 3.85. The number of nitrogens with two attached hydrogens (primary N) is 1. The normalized spacial score (nSPS) is 20.4. The van der Waals surface area contributed by atoms with Crippen LogP contribution in [0.15, 0.2) is 42.5 Å². The minimum absolute atomic E-state index is 0.800. The first-order chi connectivity index (χ1) is 9.85. The second kappa shape index (κ2) is 6.38. The molecule has 2 heteroatoms. The molecule has 1 unspecified atom stereocenters. The van der Waals surface area contributed by atoms with Crippen molar-refractivity contribution in [1.29, 1.82) is 0 Å². The van der Waals surface area contributed by atoms with E-state index in [1.807, 2.05) is 0 Å². The molecule has 20 heavy (non-hydrogen) atoms. The Morgan fingerprint density at radius 3 is 2.80 bits per heavy atom. The maximum Gasteiger partial charge on any atom is 0.0234 e. The lowest BCUT2D eigenvalue weighted by Crippen LogP contribution is -2.35. The summed E-state index contributed by atoms with van der Waals surface area (Å²) in [6.45, 7) is 4.35. The van der Waals surface area contributed by atoms with Gasteiger partial charge >= 0.3 is 0 Å². The van der Waals surface area contributed by atoms with Crippen LogP contribution in [0.3, 0.4) is 0 Å². The highest BCUT2D eigenvalue weighted by molar-refractivity contribution is 5.82. The van der Waals surface area contributed by atoms with Crippen molar-refractivity contribution in [3.63, 3.8) is 0 Å². The molecule has 0 aromatic heterocycles. The molecule has 0 aliphatic carbocycles. The molecule has 1 heterocycles. The van der Waals surface area contributed by atoms with Crippen molar-refractivity contribution in [1.82, 2.24) is 4.90 Å². The summed E-state index contributed by atoms with van der Waals surface area (Å²) in [5, 5.41) is 2.68. The first-order valence-electron chi connectivity index (χ1n) is 7.75. The van der Waals surface area contributed by atoms with Crippen molar-refractivity contribution in [2.45, 2.75) is 25.8 Å². The van der Waals surface area contributed by atoms with Crippen LogP contribution < -0.4 is 5.73 Å². The number of hydrogen-bond acceptors (Lipinski definition) is 2. The fraction of sp³-hybridized carbons (Fsp3) is 0.444. The van der Waals surface area contributed by atoms with Crippen LogP contribution in [-0.2, 0) is 6.54 Å². The number of rotatable bonds is 4. The van der Waals surface area contributed by atoms with Gasteiger partial charge < -0.3 is 5.73 Å². The van der Waals surface area contributed by atoms with Crippen molar-refractivity contribution in [2.75, 3.05) is 19.6 Å². The molecule has 0 saturated carbocycles. The van der Waals surface area contributed by atoms with E-state index in [2.05, 4.69) is 47.4 Å². The number of nitrogens with zero attached hydrogens (tertiary/aromatic N) is 1. The van der Waals surface area contributed by atoms with Crippen LogP contribution in [-0.4, -0.2) is 24.5 Å². The fourth-order valence-electron chi connectivity index (χ4n) is 3.36. The molecule has 3 rings (SSSR count). The van der Waals surface area contributed by atoms with E-state index >= 15 is 0 Å².